The number of carbonyl (C=O) groups excluding carboxylic acids is 2. The summed E-state index contributed by atoms with van der Waals surface area (Å²) in [4.78, 5) is 26.0. The van der Waals surface area contributed by atoms with E-state index in [1.807, 2.05) is 7.05 Å². The van der Waals surface area contributed by atoms with Gasteiger partial charge in [0.15, 0.2) is 6.04 Å². The first-order chi connectivity index (χ1) is 13.3. The van der Waals surface area contributed by atoms with Crippen LogP contribution < -0.4 is 15.5 Å². The first-order valence-electron chi connectivity index (χ1n) is 10.5. The maximum atomic E-state index is 13.9. The van der Waals surface area contributed by atoms with Crippen molar-refractivity contribution >= 4 is 11.9 Å². The molecule has 3 amide bonds. The fraction of sp³-hybridized carbons (Fsp3) is 0.636. The van der Waals surface area contributed by atoms with Crippen LogP contribution >= 0.6 is 0 Å². The minimum Gasteiger partial charge on any atom is -0.332 e. The highest BCUT2D eigenvalue weighted by Gasteiger charge is 2.51. The van der Waals surface area contributed by atoms with Crippen LogP contribution in [0.25, 0.3) is 0 Å². The molecular formula is C22H31FN3O2+. The average molecular weight is 389 g/mol. The van der Waals surface area contributed by atoms with Gasteiger partial charge in [0.2, 0.25) is 0 Å². The molecule has 5 rings (SSSR count). The molecule has 0 spiro atoms. The Morgan fingerprint density at radius 1 is 1.14 bits per heavy atom. The molecule has 4 aliphatic carbocycles. The maximum Gasteiger partial charge on any atom is 0.322 e. The quantitative estimate of drug-likeness (QED) is 0.723. The summed E-state index contributed by atoms with van der Waals surface area (Å²) in [5.41, 5.74) is 0.450. The highest BCUT2D eigenvalue weighted by molar-refractivity contribution is 5.96. The summed E-state index contributed by atoms with van der Waals surface area (Å²) in [6.45, 7) is 2.15. The van der Waals surface area contributed by atoms with Crippen LogP contribution in [-0.2, 0) is 11.3 Å². The second-order valence-corrected chi connectivity index (χ2v) is 9.48. The van der Waals surface area contributed by atoms with Gasteiger partial charge in [-0.25, -0.2) is 9.18 Å². The zero-order valence-corrected chi connectivity index (χ0v) is 16.8. The normalized spacial score (nSPS) is 32.6. The van der Waals surface area contributed by atoms with Crippen molar-refractivity contribution in [2.75, 3.05) is 7.05 Å². The molecule has 1 aromatic rings. The molecule has 1 aromatic carbocycles. The lowest BCUT2D eigenvalue weighted by Crippen LogP contribution is -3.12. The van der Waals surface area contributed by atoms with E-state index >= 15 is 0 Å². The lowest BCUT2D eigenvalue weighted by atomic mass is 9.53. The standard InChI is InChI=1S/C22H30FN3O2/c1-14(26(2)13-18-5-3-4-6-19(18)23)20(27)24-21(28)25-22-10-15-7-16(11-22)9-17(8-15)12-22/h3-6,14-17H,7-13H2,1-2H3,(H2,24,25,27,28)/p+1/t14-,15?,16?,17?,22?/m1/s1. The molecule has 0 aromatic heterocycles. The number of benzene rings is 1. The van der Waals surface area contributed by atoms with Gasteiger partial charge in [-0.1, -0.05) is 18.2 Å². The van der Waals surface area contributed by atoms with Gasteiger partial charge in [0.1, 0.15) is 12.4 Å². The number of amides is 3. The number of halogens is 1. The number of hydrogen-bond acceptors (Lipinski definition) is 2. The number of urea groups is 1. The van der Waals surface area contributed by atoms with Crippen LogP contribution in [0.1, 0.15) is 51.0 Å². The predicted octanol–water partition coefficient (Wildman–Crippen LogP) is 2.02. The van der Waals surface area contributed by atoms with Crippen molar-refractivity contribution in [3.8, 4) is 0 Å². The minimum absolute atomic E-state index is 0.117. The Labute approximate surface area is 166 Å². The molecule has 4 aliphatic rings. The van der Waals surface area contributed by atoms with Crippen LogP contribution in [0.15, 0.2) is 24.3 Å². The van der Waals surface area contributed by atoms with Crippen molar-refractivity contribution < 1.29 is 18.9 Å². The summed E-state index contributed by atoms with van der Waals surface area (Å²) >= 11 is 0. The van der Waals surface area contributed by atoms with Gasteiger partial charge in [-0.15, -0.1) is 0 Å². The number of rotatable bonds is 5. The van der Waals surface area contributed by atoms with E-state index in [0.29, 0.717) is 12.1 Å². The summed E-state index contributed by atoms with van der Waals surface area (Å²) in [6.07, 6.45) is 7.08. The molecule has 5 nitrogen and oxygen atoms in total. The van der Waals surface area contributed by atoms with E-state index in [9.17, 15) is 14.0 Å². The molecule has 0 heterocycles. The minimum atomic E-state index is -0.457. The Balaban J connectivity index is 1.31. The molecule has 0 radical (unpaired) electrons. The van der Waals surface area contributed by atoms with Gasteiger partial charge in [-0.05, 0) is 69.3 Å². The van der Waals surface area contributed by atoms with Gasteiger partial charge in [-0.2, -0.15) is 0 Å². The van der Waals surface area contributed by atoms with E-state index in [1.54, 1.807) is 25.1 Å². The van der Waals surface area contributed by atoms with E-state index in [-0.39, 0.29) is 23.3 Å². The first-order valence-corrected chi connectivity index (χ1v) is 10.5. The summed E-state index contributed by atoms with van der Waals surface area (Å²) in [7, 11) is 1.84. The van der Waals surface area contributed by atoms with Crippen molar-refractivity contribution in [1.29, 1.82) is 0 Å². The van der Waals surface area contributed by atoms with Crippen LogP contribution in [0.4, 0.5) is 9.18 Å². The third kappa shape index (κ3) is 3.93. The Morgan fingerprint density at radius 3 is 2.29 bits per heavy atom. The van der Waals surface area contributed by atoms with E-state index in [0.717, 1.165) is 41.9 Å². The van der Waals surface area contributed by atoms with Crippen LogP contribution in [-0.4, -0.2) is 30.6 Å². The molecule has 152 valence electrons. The molecule has 4 bridgehead atoms. The molecular weight excluding hydrogens is 357 g/mol. The number of carbonyl (C=O) groups is 2. The van der Waals surface area contributed by atoms with Crippen molar-refractivity contribution in [3.63, 3.8) is 0 Å². The molecule has 4 saturated carbocycles. The predicted molar refractivity (Wildman–Crippen MR) is 104 cm³/mol. The Morgan fingerprint density at radius 2 is 1.71 bits per heavy atom. The topological polar surface area (TPSA) is 62.6 Å². The second-order valence-electron chi connectivity index (χ2n) is 9.48. The van der Waals surface area contributed by atoms with Gasteiger partial charge in [0.25, 0.3) is 5.91 Å². The number of likely N-dealkylation sites (N-methyl/N-ethyl adjacent to an activating group) is 1. The number of hydrogen-bond donors (Lipinski definition) is 3. The Kier molecular flexibility index (Phi) is 5.17. The van der Waals surface area contributed by atoms with Crippen molar-refractivity contribution in [2.24, 2.45) is 17.8 Å². The van der Waals surface area contributed by atoms with E-state index in [1.165, 1.54) is 25.3 Å². The van der Waals surface area contributed by atoms with E-state index in [2.05, 4.69) is 10.6 Å². The lowest BCUT2D eigenvalue weighted by molar-refractivity contribution is -0.908. The van der Waals surface area contributed by atoms with Crippen LogP contribution in [0, 0.1) is 23.6 Å². The Hall–Kier alpha value is -1.95. The number of quaternary nitrogens is 1. The smallest absolute Gasteiger partial charge is 0.322 e. The fourth-order valence-corrected chi connectivity index (χ4v) is 6.08. The second kappa shape index (κ2) is 7.47. The summed E-state index contributed by atoms with van der Waals surface area (Å²) in [5, 5.41) is 5.70. The number of imide groups is 1. The SMILES string of the molecule is C[C@H](C(=O)NC(=O)NC12CC3CC(CC(C3)C1)C2)[NH+](C)Cc1ccccc1F. The first kappa shape index (κ1) is 19.4. The summed E-state index contributed by atoms with van der Waals surface area (Å²) < 4.78 is 13.9. The summed E-state index contributed by atoms with van der Waals surface area (Å²) in [6, 6.07) is 5.75. The molecule has 1 unspecified atom stereocenters. The van der Waals surface area contributed by atoms with Crippen LogP contribution in [0.2, 0.25) is 0 Å². The zero-order valence-electron chi connectivity index (χ0n) is 16.8. The molecule has 0 saturated heterocycles. The Bertz CT molecular complexity index is 731. The molecule has 6 heteroatoms. The van der Waals surface area contributed by atoms with Crippen LogP contribution in [0.3, 0.4) is 0 Å². The third-order valence-corrected chi connectivity index (χ3v) is 7.21. The van der Waals surface area contributed by atoms with Gasteiger partial charge in [0.05, 0.1) is 7.05 Å². The molecule has 4 fully saturated rings. The van der Waals surface area contributed by atoms with Crippen LogP contribution in [0.5, 0.6) is 0 Å². The van der Waals surface area contributed by atoms with Gasteiger partial charge >= 0.3 is 6.03 Å². The van der Waals surface area contributed by atoms with Crippen molar-refractivity contribution in [2.45, 2.75) is 63.6 Å². The summed E-state index contributed by atoms with van der Waals surface area (Å²) in [5.74, 6) is 1.61. The largest absolute Gasteiger partial charge is 0.332 e. The average Bonchev–Trinajstić information content (AvgIpc) is 2.61. The monoisotopic (exact) mass is 388 g/mol. The molecule has 0 aliphatic heterocycles. The fourth-order valence-electron chi connectivity index (χ4n) is 6.08. The van der Waals surface area contributed by atoms with E-state index < -0.39 is 6.04 Å². The van der Waals surface area contributed by atoms with Gasteiger partial charge in [0, 0.05) is 11.1 Å². The maximum absolute atomic E-state index is 13.9. The third-order valence-electron chi connectivity index (χ3n) is 7.21. The lowest BCUT2D eigenvalue weighted by Gasteiger charge is -2.56. The molecule has 28 heavy (non-hydrogen) atoms. The van der Waals surface area contributed by atoms with Gasteiger partial charge in [-0.3, -0.25) is 10.1 Å². The molecule has 2 atom stereocenters. The molecule has 3 N–H and O–H groups in total. The van der Waals surface area contributed by atoms with Gasteiger partial charge < -0.3 is 10.2 Å². The van der Waals surface area contributed by atoms with Crippen molar-refractivity contribution in [3.05, 3.63) is 35.6 Å². The van der Waals surface area contributed by atoms with Crippen molar-refractivity contribution in [1.82, 2.24) is 10.6 Å². The highest BCUT2D eigenvalue weighted by atomic mass is 19.1. The number of nitrogens with one attached hydrogen (secondary N) is 3. The highest BCUT2D eigenvalue weighted by Crippen LogP contribution is 2.55. The zero-order chi connectivity index (χ0) is 19.9. The van der Waals surface area contributed by atoms with E-state index in [4.69, 9.17) is 0 Å².